The van der Waals surface area contributed by atoms with E-state index in [9.17, 15) is 17.6 Å². The van der Waals surface area contributed by atoms with Crippen LogP contribution in [0.1, 0.15) is 0 Å². The number of rotatable bonds is 3. The topological polar surface area (TPSA) is 57.1 Å². The Labute approximate surface area is 114 Å². The number of hydrogen-bond donors (Lipinski definition) is 0. The highest BCUT2D eigenvalue weighted by atomic mass is 35.5. The van der Waals surface area contributed by atoms with Crippen LogP contribution < -0.4 is 9.47 Å². The fourth-order valence-electron chi connectivity index (χ4n) is 1.34. The summed E-state index contributed by atoms with van der Waals surface area (Å²) in [6.45, 7) is -1.59. The molecule has 0 aliphatic heterocycles. The number of hydrogen-bond acceptors (Lipinski definition) is 5. The number of aromatic nitrogens is 3. The van der Waals surface area contributed by atoms with Gasteiger partial charge in [-0.05, 0) is 0 Å². The van der Waals surface area contributed by atoms with Gasteiger partial charge in [-0.25, -0.2) is 9.37 Å². The van der Waals surface area contributed by atoms with Gasteiger partial charge < -0.3 is 9.47 Å². The van der Waals surface area contributed by atoms with Gasteiger partial charge in [0, 0.05) is 6.20 Å². The minimum atomic E-state index is -4.57. The van der Waals surface area contributed by atoms with Crippen LogP contribution in [0.15, 0.2) is 6.20 Å². The summed E-state index contributed by atoms with van der Waals surface area (Å²) in [7, 11) is 1.18. The van der Waals surface area contributed by atoms with Crippen LogP contribution in [-0.4, -0.2) is 34.8 Å². The van der Waals surface area contributed by atoms with Gasteiger partial charge in [-0.3, -0.25) is 0 Å². The Bertz CT molecular complexity index is 650. The first-order valence-corrected chi connectivity index (χ1v) is 5.45. The zero-order chi connectivity index (χ0) is 14.9. The number of methoxy groups -OCH3 is 1. The van der Waals surface area contributed by atoms with Gasteiger partial charge in [-0.15, -0.1) is 0 Å². The van der Waals surface area contributed by atoms with Crippen molar-refractivity contribution in [1.82, 2.24) is 15.0 Å². The molecule has 0 saturated carbocycles. The Morgan fingerprint density at radius 2 is 2.00 bits per heavy atom. The molecular formula is C10H6ClF4N3O2. The van der Waals surface area contributed by atoms with Crippen LogP contribution in [0.3, 0.4) is 0 Å². The van der Waals surface area contributed by atoms with E-state index in [1.54, 1.807) is 0 Å². The van der Waals surface area contributed by atoms with Crippen LogP contribution in [0.5, 0.6) is 11.9 Å². The van der Waals surface area contributed by atoms with Crippen molar-refractivity contribution in [3.63, 3.8) is 0 Å². The number of nitrogens with zero attached hydrogens (tertiary/aromatic N) is 3. The summed E-state index contributed by atoms with van der Waals surface area (Å²) in [4.78, 5) is 10.7. The third-order valence-electron chi connectivity index (χ3n) is 2.14. The maximum absolute atomic E-state index is 13.8. The molecule has 20 heavy (non-hydrogen) atoms. The smallest absolute Gasteiger partial charge is 0.422 e. The van der Waals surface area contributed by atoms with E-state index >= 15 is 0 Å². The maximum atomic E-state index is 13.8. The van der Waals surface area contributed by atoms with Crippen molar-refractivity contribution in [2.45, 2.75) is 6.18 Å². The molecule has 0 radical (unpaired) electrons. The molecule has 0 fully saturated rings. The Hall–Kier alpha value is -1.90. The first-order chi connectivity index (χ1) is 9.31. The normalized spacial score (nSPS) is 11.7. The Morgan fingerprint density at radius 1 is 1.30 bits per heavy atom. The Morgan fingerprint density at radius 3 is 2.60 bits per heavy atom. The highest BCUT2D eigenvalue weighted by Crippen LogP contribution is 2.29. The summed E-state index contributed by atoms with van der Waals surface area (Å²) in [5.74, 6) is -1.49. The van der Waals surface area contributed by atoms with Gasteiger partial charge in [0.05, 0.1) is 12.5 Å². The zero-order valence-corrected chi connectivity index (χ0v) is 10.6. The molecule has 10 heteroatoms. The molecule has 2 aromatic rings. The van der Waals surface area contributed by atoms with E-state index in [4.69, 9.17) is 11.6 Å². The summed E-state index contributed by atoms with van der Waals surface area (Å²) in [6.07, 6.45) is -3.55. The van der Waals surface area contributed by atoms with Crippen LogP contribution in [0.2, 0.25) is 5.15 Å². The van der Waals surface area contributed by atoms with Crippen molar-refractivity contribution in [2.24, 2.45) is 0 Å². The quantitative estimate of drug-likeness (QED) is 0.644. The van der Waals surface area contributed by atoms with E-state index < -0.39 is 29.6 Å². The maximum Gasteiger partial charge on any atom is 0.422 e. The van der Waals surface area contributed by atoms with Crippen LogP contribution >= 0.6 is 11.6 Å². The van der Waals surface area contributed by atoms with Crippen molar-refractivity contribution in [2.75, 3.05) is 13.7 Å². The predicted octanol–water partition coefficient (Wildman–Crippen LogP) is 2.77. The molecule has 0 aliphatic carbocycles. The van der Waals surface area contributed by atoms with Crippen LogP contribution in [0, 0.1) is 5.82 Å². The third-order valence-corrected chi connectivity index (χ3v) is 2.40. The van der Waals surface area contributed by atoms with Gasteiger partial charge in [0.25, 0.3) is 0 Å². The summed E-state index contributed by atoms with van der Waals surface area (Å²) in [5.41, 5.74) is -0.339. The molecule has 0 spiro atoms. The largest absolute Gasteiger partial charge is 0.467 e. The van der Waals surface area contributed by atoms with Crippen LogP contribution in [0.25, 0.3) is 10.9 Å². The third kappa shape index (κ3) is 2.98. The van der Waals surface area contributed by atoms with Gasteiger partial charge in [-0.2, -0.15) is 23.1 Å². The second-order valence-electron chi connectivity index (χ2n) is 3.54. The number of alkyl halides is 3. The molecule has 0 aromatic carbocycles. The molecule has 0 amide bonds. The first kappa shape index (κ1) is 14.5. The molecule has 2 rings (SSSR count). The van der Waals surface area contributed by atoms with E-state index in [0.717, 1.165) is 6.20 Å². The SMILES string of the molecule is COc1nc(OCC(F)(F)F)c2cnc(Cl)c(F)c2n1. The summed E-state index contributed by atoms with van der Waals surface area (Å²) < 4.78 is 59.4. The Kier molecular flexibility index (Phi) is 3.80. The number of fused-ring (bicyclic) bond motifs is 1. The minimum Gasteiger partial charge on any atom is -0.467 e. The van der Waals surface area contributed by atoms with Crippen LogP contribution in [0.4, 0.5) is 17.6 Å². The average molecular weight is 312 g/mol. The molecule has 0 atom stereocenters. The summed E-state index contributed by atoms with van der Waals surface area (Å²) >= 11 is 5.48. The van der Waals surface area contributed by atoms with E-state index in [1.807, 2.05) is 0 Å². The van der Waals surface area contributed by atoms with E-state index in [-0.39, 0.29) is 16.9 Å². The molecule has 0 bridgehead atoms. The molecule has 5 nitrogen and oxygen atoms in total. The van der Waals surface area contributed by atoms with Crippen molar-refractivity contribution in [1.29, 1.82) is 0 Å². The van der Waals surface area contributed by atoms with E-state index in [0.29, 0.717) is 0 Å². The van der Waals surface area contributed by atoms with Gasteiger partial charge in [0.2, 0.25) is 5.88 Å². The lowest BCUT2D eigenvalue weighted by atomic mass is 10.3. The molecule has 0 unspecified atom stereocenters. The fraction of sp³-hybridized carbons (Fsp3) is 0.300. The second-order valence-corrected chi connectivity index (χ2v) is 3.90. The molecule has 2 heterocycles. The average Bonchev–Trinajstić information content (AvgIpc) is 2.39. The lowest BCUT2D eigenvalue weighted by Crippen LogP contribution is -2.20. The molecular weight excluding hydrogens is 306 g/mol. The summed E-state index contributed by atoms with van der Waals surface area (Å²) in [6, 6.07) is -0.351. The second kappa shape index (κ2) is 5.23. The van der Waals surface area contributed by atoms with Crippen molar-refractivity contribution < 1.29 is 27.0 Å². The predicted molar refractivity (Wildman–Crippen MR) is 60.4 cm³/mol. The number of pyridine rings is 1. The minimum absolute atomic E-state index is 0.142. The lowest BCUT2D eigenvalue weighted by Gasteiger charge is -2.11. The molecule has 2 aromatic heterocycles. The zero-order valence-electron chi connectivity index (χ0n) is 9.83. The first-order valence-electron chi connectivity index (χ1n) is 5.07. The lowest BCUT2D eigenvalue weighted by molar-refractivity contribution is -0.153. The highest BCUT2D eigenvalue weighted by Gasteiger charge is 2.29. The standard InChI is InChI=1S/C10H6ClF4N3O2/c1-19-9-17-6-4(2-16-7(11)5(6)12)8(18-9)20-3-10(13,14)15/h2H,3H2,1H3. The van der Waals surface area contributed by atoms with E-state index in [2.05, 4.69) is 24.4 Å². The molecule has 0 saturated heterocycles. The Balaban J connectivity index is 2.55. The molecule has 0 N–H and O–H groups in total. The number of halogens is 5. The van der Waals surface area contributed by atoms with Crippen molar-refractivity contribution >= 4 is 22.5 Å². The summed E-state index contributed by atoms with van der Waals surface area (Å²) in [5, 5.41) is -0.614. The van der Waals surface area contributed by atoms with Crippen molar-refractivity contribution in [3.05, 3.63) is 17.2 Å². The van der Waals surface area contributed by atoms with Gasteiger partial charge in [0.15, 0.2) is 17.6 Å². The highest BCUT2D eigenvalue weighted by molar-refractivity contribution is 6.30. The van der Waals surface area contributed by atoms with Gasteiger partial charge in [0.1, 0.15) is 5.52 Å². The van der Waals surface area contributed by atoms with Gasteiger partial charge in [-0.1, -0.05) is 11.6 Å². The van der Waals surface area contributed by atoms with Gasteiger partial charge >= 0.3 is 12.2 Å². The number of ether oxygens (including phenoxy) is 2. The van der Waals surface area contributed by atoms with E-state index in [1.165, 1.54) is 7.11 Å². The monoisotopic (exact) mass is 311 g/mol. The fourth-order valence-corrected chi connectivity index (χ4v) is 1.48. The van der Waals surface area contributed by atoms with Crippen molar-refractivity contribution in [3.8, 4) is 11.9 Å². The molecule has 108 valence electrons. The van der Waals surface area contributed by atoms with Crippen LogP contribution in [-0.2, 0) is 0 Å². The molecule has 0 aliphatic rings.